The molecule has 14 N–H and O–H groups in total. The second kappa shape index (κ2) is 72.9. The molecular weight excluding hydrogens is 1920 g/mol. The SMILES string of the molecule is CC.CC.COCCN(CCOP(=O)(O)CCN(CCOP(=O)(O)OCCN(CCOC(c1ccccc1)(c1ccc(OC)cc1)c1ccc(OC)cc1)C(=O)CCCCCCC(=O)CCCCCOC1OC(CO)C(O)C(O)C1NC(C)=O)C(=O)CCCCCCC(=O)CCCCCOC1OC(CO)C(O)C(O)C1NC(C)=O)C(=O)CCCCCCC(=O)CCCCCOC1OC(CO)C(O)C(O)C1NC(C)=O. The highest BCUT2D eigenvalue weighted by molar-refractivity contribution is 7.52. The van der Waals surface area contributed by atoms with Gasteiger partial charge in [0.2, 0.25) is 35.4 Å². The Morgan fingerprint density at radius 2 is 0.625 bits per heavy atom. The minimum absolute atomic E-state index is 0.0272. The molecule has 0 radical (unpaired) electrons. The third-order valence-electron chi connectivity index (χ3n) is 24.7. The zero-order valence-corrected chi connectivity index (χ0v) is 87.8. The van der Waals surface area contributed by atoms with Crippen LogP contribution in [0.15, 0.2) is 78.9 Å². The Morgan fingerprint density at radius 1 is 0.347 bits per heavy atom. The van der Waals surface area contributed by atoms with E-state index in [0.29, 0.717) is 178 Å². The molecule has 3 heterocycles. The monoisotopic (exact) mass is 2090 g/mol. The van der Waals surface area contributed by atoms with E-state index in [4.69, 9.17) is 60.9 Å². The Labute approximate surface area is 848 Å². The highest BCUT2D eigenvalue weighted by Crippen LogP contribution is 2.45. The number of carbonyl (C=O) groups is 9. The third-order valence-corrected chi connectivity index (χ3v) is 27.1. The van der Waals surface area contributed by atoms with Crippen LogP contribution >= 0.6 is 15.4 Å². The number of nitrogens with one attached hydrogen (secondary N) is 3. The molecule has 0 spiro atoms. The number of unbranched alkanes of at least 4 members (excludes halogenated alkanes) is 15. The van der Waals surface area contributed by atoms with Gasteiger partial charge in [0.05, 0.1) is 73.2 Å². The summed E-state index contributed by atoms with van der Waals surface area (Å²) < 4.78 is 102. The van der Waals surface area contributed by atoms with Crippen LogP contribution in [-0.4, -0.2) is 355 Å². The lowest BCUT2D eigenvalue weighted by Crippen LogP contribution is -2.64. The van der Waals surface area contributed by atoms with Crippen LogP contribution in [0.5, 0.6) is 11.5 Å². The number of hydrogen-bond donors (Lipinski definition) is 14. The average Bonchev–Trinajstić information content (AvgIpc) is 0.750. The predicted molar refractivity (Wildman–Crippen MR) is 532 cm³/mol. The smallest absolute Gasteiger partial charge is 0.472 e. The Kier molecular flexibility index (Phi) is 65.3. The average molecular weight is 2090 g/mol. The molecule has 822 valence electrons. The second-order valence-corrected chi connectivity index (χ2v) is 39.0. The zero-order valence-electron chi connectivity index (χ0n) is 86.1. The highest BCUT2D eigenvalue weighted by atomic mass is 31.2. The summed E-state index contributed by atoms with van der Waals surface area (Å²) in [6, 6.07) is 21.1. The van der Waals surface area contributed by atoms with E-state index in [1.54, 1.807) is 14.2 Å². The van der Waals surface area contributed by atoms with Crippen molar-refractivity contribution >= 4 is 68.2 Å². The first-order valence-corrected chi connectivity index (χ1v) is 54.4. The maximum absolute atomic E-state index is 14.5. The Balaban J connectivity index is 0.0000107. The number of phosphoric ester groups is 1. The fourth-order valence-corrected chi connectivity index (χ4v) is 18.5. The molecule has 41 nitrogen and oxygen atoms in total. The van der Waals surface area contributed by atoms with Crippen LogP contribution in [0.2, 0.25) is 0 Å². The highest BCUT2D eigenvalue weighted by Gasteiger charge is 2.49. The lowest BCUT2D eigenvalue weighted by molar-refractivity contribution is -0.270. The maximum atomic E-state index is 14.5. The van der Waals surface area contributed by atoms with Crippen molar-refractivity contribution in [2.24, 2.45) is 0 Å². The van der Waals surface area contributed by atoms with Gasteiger partial charge in [-0.25, -0.2) is 4.57 Å². The topological polar surface area (TPSA) is 576 Å². The summed E-state index contributed by atoms with van der Waals surface area (Å²) in [6.45, 7) is 8.06. The molecule has 0 aliphatic carbocycles. The van der Waals surface area contributed by atoms with Crippen LogP contribution in [-0.2, 0) is 109 Å². The van der Waals surface area contributed by atoms with Crippen molar-refractivity contribution in [3.8, 4) is 11.5 Å². The number of amides is 6. The Bertz CT molecular complexity index is 4150. The first-order valence-electron chi connectivity index (χ1n) is 51.1. The van der Waals surface area contributed by atoms with E-state index in [9.17, 15) is 108 Å². The third kappa shape index (κ3) is 47.7. The van der Waals surface area contributed by atoms with Crippen molar-refractivity contribution in [2.75, 3.05) is 139 Å². The number of ether oxygens (including phenoxy) is 10. The van der Waals surface area contributed by atoms with Crippen LogP contribution in [0.1, 0.15) is 258 Å². The Morgan fingerprint density at radius 3 is 0.924 bits per heavy atom. The number of aliphatic hydroxyl groups is 9. The second-order valence-electron chi connectivity index (χ2n) is 35.5. The number of methoxy groups -OCH3 is 3. The quantitative estimate of drug-likeness (QED) is 0.0145. The minimum Gasteiger partial charge on any atom is -0.497 e. The summed E-state index contributed by atoms with van der Waals surface area (Å²) in [4.78, 5) is 143. The molecule has 3 aromatic rings. The maximum Gasteiger partial charge on any atom is 0.472 e. The van der Waals surface area contributed by atoms with E-state index >= 15 is 0 Å². The number of carbonyl (C=O) groups excluding carboxylic acids is 9. The molecule has 3 fully saturated rings. The van der Waals surface area contributed by atoms with Gasteiger partial charge in [0.15, 0.2) is 18.9 Å². The van der Waals surface area contributed by atoms with E-state index < -0.39 is 176 Å². The number of Topliss-reactive ketones (excluding diaryl/α,β-unsaturated/α-hetero) is 3. The molecule has 6 amide bonds. The Hall–Kier alpha value is -7.33. The molecule has 3 saturated heterocycles. The van der Waals surface area contributed by atoms with Gasteiger partial charge in [-0.3, -0.25) is 56.8 Å². The van der Waals surface area contributed by atoms with E-state index in [1.165, 1.54) is 42.6 Å². The van der Waals surface area contributed by atoms with E-state index in [-0.39, 0.29) is 134 Å². The molecule has 144 heavy (non-hydrogen) atoms. The van der Waals surface area contributed by atoms with Crippen molar-refractivity contribution in [1.82, 2.24) is 30.7 Å². The van der Waals surface area contributed by atoms with Crippen molar-refractivity contribution < 1.29 is 169 Å². The van der Waals surface area contributed by atoms with E-state index in [2.05, 4.69) is 16.0 Å². The van der Waals surface area contributed by atoms with Crippen molar-refractivity contribution in [3.05, 3.63) is 95.6 Å². The number of nitrogens with zero attached hydrogens (tertiary/aromatic N) is 3. The van der Waals surface area contributed by atoms with Gasteiger partial charge in [0.1, 0.15) is 108 Å². The normalized spacial score (nSPS) is 21.8. The molecule has 3 aromatic carbocycles. The number of ketones is 3. The fourth-order valence-electron chi connectivity index (χ4n) is 16.8. The molecule has 0 bridgehead atoms. The first-order chi connectivity index (χ1) is 69.1. The molecular formula is C101H168N6O35P2. The molecule has 6 rings (SSSR count). The number of benzene rings is 3. The number of rotatable bonds is 75. The summed E-state index contributed by atoms with van der Waals surface area (Å²) in [5.74, 6) is -1.16. The van der Waals surface area contributed by atoms with Gasteiger partial charge < -0.3 is 138 Å². The lowest BCUT2D eigenvalue weighted by Gasteiger charge is -2.42. The van der Waals surface area contributed by atoms with Crippen LogP contribution in [0.4, 0.5) is 0 Å². The molecule has 17 unspecified atom stereocenters. The predicted octanol–water partition coefficient (Wildman–Crippen LogP) is 7.82. The van der Waals surface area contributed by atoms with Crippen LogP contribution in [0, 0.1) is 0 Å². The number of phosphoric acid groups is 1. The summed E-state index contributed by atoms with van der Waals surface area (Å²) in [5.41, 5.74) is 0.902. The summed E-state index contributed by atoms with van der Waals surface area (Å²) in [6.07, 6.45) is -2.25. The molecule has 17 atom stereocenters. The van der Waals surface area contributed by atoms with Gasteiger partial charge in [-0.05, 0) is 118 Å². The zero-order chi connectivity index (χ0) is 106. The van der Waals surface area contributed by atoms with Crippen molar-refractivity contribution in [2.45, 2.75) is 339 Å². The summed E-state index contributed by atoms with van der Waals surface area (Å²) in [5, 5.41) is 99.1. The van der Waals surface area contributed by atoms with Crippen LogP contribution in [0.25, 0.3) is 0 Å². The summed E-state index contributed by atoms with van der Waals surface area (Å²) >= 11 is 0. The molecule has 0 aromatic heterocycles. The molecule has 3 aliphatic heterocycles. The van der Waals surface area contributed by atoms with E-state index in [1.807, 2.05) is 107 Å². The fraction of sp³-hybridized carbons (Fsp3) is 0.733. The largest absolute Gasteiger partial charge is 0.497 e. The minimum atomic E-state index is -5.00. The summed E-state index contributed by atoms with van der Waals surface area (Å²) in [7, 11) is -4.95. The van der Waals surface area contributed by atoms with Gasteiger partial charge >= 0.3 is 15.4 Å². The first kappa shape index (κ1) is 129. The van der Waals surface area contributed by atoms with E-state index in [0.717, 1.165) is 16.7 Å². The van der Waals surface area contributed by atoms with Crippen LogP contribution in [0.3, 0.4) is 0 Å². The van der Waals surface area contributed by atoms with Gasteiger partial charge in [0, 0.05) is 145 Å². The molecule has 0 saturated carbocycles. The number of hydrogen-bond acceptors (Lipinski definition) is 33. The van der Waals surface area contributed by atoms with Crippen LogP contribution < -0.4 is 25.4 Å². The van der Waals surface area contributed by atoms with Crippen molar-refractivity contribution in [1.29, 1.82) is 0 Å². The lowest BCUT2D eigenvalue weighted by atomic mass is 9.80. The van der Waals surface area contributed by atoms with Gasteiger partial charge in [-0.1, -0.05) is 140 Å². The van der Waals surface area contributed by atoms with Gasteiger partial charge in [-0.2, -0.15) is 0 Å². The van der Waals surface area contributed by atoms with Gasteiger partial charge in [0.25, 0.3) is 0 Å². The molecule has 43 heteroatoms. The van der Waals surface area contributed by atoms with Crippen molar-refractivity contribution in [3.63, 3.8) is 0 Å². The number of aliphatic hydroxyl groups excluding tert-OH is 9. The van der Waals surface area contributed by atoms with Gasteiger partial charge in [-0.15, -0.1) is 0 Å². The standard InChI is InChI=1S/C97H156N6O35P2.2C2H6/c1-68(107)98-85-91(119)88(116)79(65-104)136-94(85)129-56-28-14-22-36-74(110)33-19-7-10-25-39-82(113)101(50-59-126-4)52-61-133-139(122,123)64-55-103(84(115)41-27-12-9-21-35-76(112)38-24-16-30-58-131-96-87(100-70(3)109)93(121)90(118)81(67-106)138-96)54-63-135-140(124,125)134-62-53-102(51-60-132-97(71-31-17-13-18-32-71,72-42-46-77(127-5)47-43-72)73-44-48-78(128-6)49-45-73)83(114)40-26-11-8-20-34-75(111)37-23-15-29-57-130-95-86(99-69(2)108)92(120)89(117)80(66-105)137-95;2*1-2/h13,17-18,31-32,42-49,79-81,85-96,104-106,116-121H,7-12,14-16,19-30,33-41,50-67H2,1-6H3,(H,98,107)(H,99,108)(H,100,109)(H,122,123)(H,124,125);2*1-2H3. The molecule has 3 aliphatic rings.